The minimum atomic E-state index is -2.08. The standard InChI is InChI=1S/C42H62Br2F2O9Si2/c1-25(47)35(27-21-33(31(45)23-29(27)43)51-17-19-53-56(13,14)39(3,4)5)41(9,10)37(49)55-38(50)42(11,12)36(26(2)48)28-22-34(32(46)24-30(28)44)52-18-20-54-57(15,16)40(6,7)8/h21-24,35-36H,17-20H2,1-16H3. The van der Waals surface area contributed by atoms with Gasteiger partial charge in [0.25, 0.3) is 0 Å². The van der Waals surface area contributed by atoms with E-state index in [0.717, 1.165) is 12.1 Å². The number of benzene rings is 2. The quantitative estimate of drug-likeness (QED) is 0.0623. The maximum Gasteiger partial charge on any atom is 0.320 e. The molecule has 2 aromatic carbocycles. The Morgan fingerprint density at radius 2 is 0.877 bits per heavy atom. The highest BCUT2D eigenvalue weighted by Gasteiger charge is 2.49. The van der Waals surface area contributed by atoms with E-state index in [-0.39, 0.29) is 68.1 Å². The second-order valence-electron chi connectivity index (χ2n) is 18.7. The van der Waals surface area contributed by atoms with Gasteiger partial charge in [-0.05, 0) is 113 Å². The number of halogens is 4. The second-order valence-corrected chi connectivity index (χ2v) is 30.1. The van der Waals surface area contributed by atoms with Crippen molar-refractivity contribution in [3.63, 3.8) is 0 Å². The van der Waals surface area contributed by atoms with Gasteiger partial charge >= 0.3 is 11.9 Å². The molecule has 2 atom stereocenters. The minimum Gasteiger partial charge on any atom is -0.488 e. The third-order valence-corrected chi connectivity index (χ3v) is 21.9. The molecule has 2 rings (SSSR count). The van der Waals surface area contributed by atoms with E-state index >= 15 is 8.78 Å². The SMILES string of the molecule is CC(=O)C(c1cc(OCCO[Si](C)(C)C(C)(C)C)c(F)cc1Br)C(C)(C)C(=O)OC(=O)C(C)(C)C(C(C)=O)c1cc(OCCO[Si](C)(C)C(C)(C)C)c(F)cc1Br. The monoisotopic (exact) mass is 962 g/mol. The molecule has 0 aromatic heterocycles. The minimum absolute atomic E-state index is 0.0294. The van der Waals surface area contributed by atoms with Gasteiger partial charge in [-0.2, -0.15) is 0 Å². The molecule has 0 N–H and O–H groups in total. The molecule has 320 valence electrons. The van der Waals surface area contributed by atoms with Gasteiger partial charge in [-0.3, -0.25) is 19.2 Å². The zero-order valence-electron chi connectivity index (χ0n) is 36.5. The molecular weight excluding hydrogens is 902 g/mol. The van der Waals surface area contributed by atoms with Gasteiger partial charge in [0.05, 0.1) is 35.9 Å². The summed E-state index contributed by atoms with van der Waals surface area (Å²) in [7, 11) is -4.16. The first-order valence-corrected chi connectivity index (χ1v) is 26.4. The normalized spacial score (nSPS) is 14.2. The van der Waals surface area contributed by atoms with Crippen molar-refractivity contribution in [1.29, 1.82) is 0 Å². The lowest BCUT2D eigenvalue weighted by atomic mass is 9.71. The molecule has 0 aliphatic carbocycles. The number of Topliss-reactive ketones (excluding diaryl/α,β-unsaturated/α-hetero) is 2. The van der Waals surface area contributed by atoms with Crippen LogP contribution in [-0.4, -0.2) is 66.6 Å². The summed E-state index contributed by atoms with van der Waals surface area (Å²) < 4.78 is 60.0. The highest BCUT2D eigenvalue weighted by Crippen LogP contribution is 2.46. The molecule has 2 aromatic rings. The number of carbonyl (C=O) groups is 4. The fraction of sp³-hybridized carbons (Fsp3) is 0.619. The van der Waals surface area contributed by atoms with E-state index in [0.29, 0.717) is 0 Å². The fourth-order valence-corrected chi connectivity index (χ4v) is 9.04. The lowest BCUT2D eigenvalue weighted by Gasteiger charge is -2.36. The molecular formula is C42H62Br2F2O9Si2. The van der Waals surface area contributed by atoms with Crippen molar-refractivity contribution in [3.05, 3.63) is 56.0 Å². The Bertz CT molecular complexity index is 1690. The Balaban J connectivity index is 2.38. The summed E-state index contributed by atoms with van der Waals surface area (Å²) in [5, 5.41) is -0.0587. The van der Waals surface area contributed by atoms with Crippen LogP contribution in [0.15, 0.2) is 33.2 Å². The van der Waals surface area contributed by atoms with Crippen LogP contribution < -0.4 is 9.47 Å². The summed E-state index contributed by atoms with van der Waals surface area (Å²) in [5.41, 5.74) is -2.85. The van der Waals surface area contributed by atoms with Crippen LogP contribution in [-0.2, 0) is 32.8 Å². The van der Waals surface area contributed by atoms with Gasteiger partial charge in [-0.15, -0.1) is 0 Å². The van der Waals surface area contributed by atoms with Crippen LogP contribution in [0.3, 0.4) is 0 Å². The lowest BCUT2D eigenvalue weighted by molar-refractivity contribution is -0.175. The van der Waals surface area contributed by atoms with E-state index < -0.39 is 74.4 Å². The van der Waals surface area contributed by atoms with Crippen LogP contribution in [0, 0.1) is 22.5 Å². The van der Waals surface area contributed by atoms with Crippen LogP contribution >= 0.6 is 31.9 Å². The average Bonchev–Trinajstić information content (AvgIpc) is 3.03. The van der Waals surface area contributed by atoms with Gasteiger partial charge in [-0.25, -0.2) is 8.78 Å². The molecule has 0 saturated carbocycles. The summed E-state index contributed by atoms with van der Waals surface area (Å²) in [6.45, 7) is 29.9. The molecule has 15 heteroatoms. The molecule has 0 saturated heterocycles. The smallest absolute Gasteiger partial charge is 0.320 e. The summed E-state index contributed by atoms with van der Waals surface area (Å²) in [6, 6.07) is 5.02. The number of esters is 2. The van der Waals surface area contributed by atoms with Crippen molar-refractivity contribution in [2.45, 2.75) is 131 Å². The third-order valence-electron chi connectivity index (χ3n) is 11.4. The van der Waals surface area contributed by atoms with E-state index in [1.165, 1.54) is 53.7 Å². The zero-order valence-corrected chi connectivity index (χ0v) is 41.7. The molecule has 2 unspecified atom stereocenters. The van der Waals surface area contributed by atoms with E-state index in [2.05, 4.69) is 99.6 Å². The van der Waals surface area contributed by atoms with Gasteiger partial charge in [0.1, 0.15) is 24.8 Å². The Morgan fingerprint density at radius 1 is 0.579 bits per heavy atom. The van der Waals surface area contributed by atoms with Crippen molar-refractivity contribution >= 4 is 72.0 Å². The van der Waals surface area contributed by atoms with Crippen molar-refractivity contribution in [2.24, 2.45) is 10.8 Å². The van der Waals surface area contributed by atoms with E-state index in [4.69, 9.17) is 23.1 Å². The average molecular weight is 965 g/mol. The van der Waals surface area contributed by atoms with Crippen molar-refractivity contribution in [1.82, 2.24) is 0 Å². The Morgan fingerprint density at radius 3 is 1.14 bits per heavy atom. The lowest BCUT2D eigenvalue weighted by Crippen LogP contribution is -2.43. The highest BCUT2D eigenvalue weighted by molar-refractivity contribution is 9.10. The topological polar surface area (TPSA) is 114 Å². The van der Waals surface area contributed by atoms with E-state index in [1.807, 2.05) is 0 Å². The molecule has 57 heavy (non-hydrogen) atoms. The van der Waals surface area contributed by atoms with Crippen LogP contribution in [0.2, 0.25) is 36.3 Å². The van der Waals surface area contributed by atoms with Crippen molar-refractivity contribution in [3.8, 4) is 11.5 Å². The fourth-order valence-electron chi connectivity index (χ4n) is 5.90. The molecule has 0 radical (unpaired) electrons. The maximum absolute atomic E-state index is 15.1. The van der Waals surface area contributed by atoms with Crippen LogP contribution in [0.5, 0.6) is 11.5 Å². The predicted octanol–water partition coefficient (Wildman–Crippen LogP) is 11.5. The third kappa shape index (κ3) is 12.4. The molecule has 0 bridgehead atoms. The number of carbonyl (C=O) groups excluding carboxylic acids is 4. The second kappa shape index (κ2) is 19.0. The summed E-state index contributed by atoms with van der Waals surface area (Å²) in [5.74, 6) is -7.08. The van der Waals surface area contributed by atoms with Gasteiger partial charge in [0, 0.05) is 8.95 Å². The number of hydrogen-bond donors (Lipinski definition) is 0. The van der Waals surface area contributed by atoms with Gasteiger partial charge in [0.2, 0.25) is 0 Å². The first-order valence-electron chi connectivity index (χ1n) is 19.0. The van der Waals surface area contributed by atoms with Gasteiger partial charge in [0.15, 0.2) is 39.8 Å². The highest BCUT2D eigenvalue weighted by atomic mass is 79.9. The van der Waals surface area contributed by atoms with Crippen LogP contribution in [0.4, 0.5) is 8.78 Å². The molecule has 0 aliphatic heterocycles. The van der Waals surface area contributed by atoms with E-state index in [1.54, 1.807) is 0 Å². The zero-order chi connectivity index (χ0) is 44.3. The first kappa shape index (κ1) is 50.8. The molecule has 9 nitrogen and oxygen atoms in total. The first-order chi connectivity index (χ1) is 25.7. The van der Waals surface area contributed by atoms with Crippen molar-refractivity contribution < 1.29 is 51.0 Å². The van der Waals surface area contributed by atoms with Gasteiger partial charge < -0.3 is 23.1 Å². The molecule has 0 fully saturated rings. The molecule has 0 amide bonds. The van der Waals surface area contributed by atoms with Crippen molar-refractivity contribution in [2.75, 3.05) is 26.4 Å². The number of ether oxygens (including phenoxy) is 3. The predicted molar refractivity (Wildman–Crippen MR) is 231 cm³/mol. The van der Waals surface area contributed by atoms with E-state index in [9.17, 15) is 19.2 Å². The Hall–Kier alpha value is -2.31. The summed E-state index contributed by atoms with van der Waals surface area (Å²) in [4.78, 5) is 54.5. The number of rotatable bonds is 18. The largest absolute Gasteiger partial charge is 0.488 e. The maximum atomic E-state index is 15.1. The molecule has 0 spiro atoms. The Labute approximate surface area is 357 Å². The molecule has 0 aliphatic rings. The Kier molecular flexibility index (Phi) is 16.9. The number of ketones is 2. The van der Waals surface area contributed by atoms with Gasteiger partial charge in [-0.1, -0.05) is 73.4 Å². The molecule has 0 heterocycles. The number of hydrogen-bond acceptors (Lipinski definition) is 9. The van der Waals surface area contributed by atoms with Crippen LogP contribution in [0.25, 0.3) is 0 Å². The van der Waals surface area contributed by atoms with Crippen LogP contribution in [0.1, 0.15) is 106 Å². The summed E-state index contributed by atoms with van der Waals surface area (Å²) >= 11 is 6.70. The summed E-state index contributed by atoms with van der Waals surface area (Å²) in [6.07, 6.45) is 0.